The summed E-state index contributed by atoms with van der Waals surface area (Å²) in [7, 11) is 1.66. The molecule has 0 spiro atoms. The van der Waals surface area contributed by atoms with Crippen LogP contribution >= 0.6 is 0 Å². The van der Waals surface area contributed by atoms with Crippen molar-refractivity contribution in [3.63, 3.8) is 0 Å². The number of hydrogen-bond donors (Lipinski definition) is 2. The zero-order valence-electron chi connectivity index (χ0n) is 14.7. The largest absolute Gasteiger partial charge is 0.416 e. The van der Waals surface area contributed by atoms with Gasteiger partial charge >= 0.3 is 6.18 Å². The summed E-state index contributed by atoms with van der Waals surface area (Å²) < 4.78 is 44.2. The summed E-state index contributed by atoms with van der Waals surface area (Å²) in [5.41, 5.74) is -0.0665. The average molecular weight is 355 g/mol. The third-order valence-electron chi connectivity index (χ3n) is 5.33. The molecule has 138 valence electrons. The van der Waals surface area contributed by atoms with Crippen LogP contribution in [0.1, 0.15) is 31.4 Å². The minimum Gasteiger partial charge on any atom is -0.377 e. The fourth-order valence-corrected chi connectivity index (χ4v) is 4.00. The molecule has 3 unspecified atom stereocenters. The van der Waals surface area contributed by atoms with E-state index >= 15 is 0 Å². The van der Waals surface area contributed by atoms with E-state index in [-0.39, 0.29) is 24.1 Å². The summed E-state index contributed by atoms with van der Waals surface area (Å²) in [6.45, 7) is 5.39. The number of hydrogen-bond acceptors (Lipinski definition) is 2. The molecule has 2 aliphatic rings. The van der Waals surface area contributed by atoms with Gasteiger partial charge in [-0.05, 0) is 24.1 Å². The molecule has 0 radical (unpaired) electrons. The first-order valence-electron chi connectivity index (χ1n) is 8.48. The van der Waals surface area contributed by atoms with E-state index in [0.717, 1.165) is 25.2 Å². The van der Waals surface area contributed by atoms with Crippen LogP contribution in [0.3, 0.4) is 0 Å². The van der Waals surface area contributed by atoms with E-state index in [0.29, 0.717) is 17.4 Å². The molecule has 2 fully saturated rings. The quantitative estimate of drug-likeness (QED) is 0.647. The zero-order valence-corrected chi connectivity index (χ0v) is 14.7. The predicted octanol–water partition coefficient (Wildman–Crippen LogP) is 3.18. The van der Waals surface area contributed by atoms with Gasteiger partial charge in [-0.3, -0.25) is 4.99 Å². The molecule has 1 aromatic carbocycles. The summed E-state index contributed by atoms with van der Waals surface area (Å²) in [6.07, 6.45) is -3.04. The van der Waals surface area contributed by atoms with E-state index in [9.17, 15) is 13.2 Å². The smallest absolute Gasteiger partial charge is 0.377 e. The molecule has 0 bridgehead atoms. The van der Waals surface area contributed by atoms with E-state index < -0.39 is 11.7 Å². The fourth-order valence-electron chi connectivity index (χ4n) is 4.00. The molecule has 0 aromatic heterocycles. The highest BCUT2D eigenvalue weighted by molar-refractivity contribution is 5.80. The average Bonchev–Trinajstić information content (AvgIpc) is 3.01. The van der Waals surface area contributed by atoms with Crippen molar-refractivity contribution in [3.05, 3.63) is 35.4 Å². The maximum atomic E-state index is 12.8. The number of halogens is 3. The Labute approximate surface area is 145 Å². The molecule has 4 nitrogen and oxygen atoms in total. The van der Waals surface area contributed by atoms with Gasteiger partial charge in [-0.2, -0.15) is 13.2 Å². The van der Waals surface area contributed by atoms with Crippen LogP contribution in [0.2, 0.25) is 0 Å². The Morgan fingerprint density at radius 3 is 2.80 bits per heavy atom. The second-order valence-corrected chi connectivity index (χ2v) is 7.31. The van der Waals surface area contributed by atoms with Crippen molar-refractivity contribution >= 4 is 5.96 Å². The molecule has 1 heterocycles. The number of nitrogens with zero attached hydrogens (tertiary/aromatic N) is 1. The Balaban J connectivity index is 1.61. The van der Waals surface area contributed by atoms with Crippen molar-refractivity contribution in [3.8, 4) is 0 Å². The Bertz CT molecular complexity index is 657. The van der Waals surface area contributed by atoms with Crippen LogP contribution in [0.5, 0.6) is 0 Å². The molecule has 2 N–H and O–H groups in total. The van der Waals surface area contributed by atoms with Crippen molar-refractivity contribution in [1.82, 2.24) is 10.6 Å². The van der Waals surface area contributed by atoms with Gasteiger partial charge in [-0.1, -0.05) is 26.0 Å². The first-order valence-corrected chi connectivity index (χ1v) is 8.48. The van der Waals surface area contributed by atoms with E-state index in [4.69, 9.17) is 4.74 Å². The predicted molar refractivity (Wildman–Crippen MR) is 90.2 cm³/mol. The number of fused-ring (bicyclic) bond motifs is 1. The zero-order chi connectivity index (χ0) is 18.2. The number of guanidine groups is 1. The summed E-state index contributed by atoms with van der Waals surface area (Å²) in [4.78, 5) is 4.21. The number of rotatable bonds is 3. The normalized spacial score (nSPS) is 28.2. The molecular weight excluding hydrogens is 331 g/mol. The summed E-state index contributed by atoms with van der Waals surface area (Å²) in [6, 6.07) is 5.57. The molecule has 0 amide bonds. The molecule has 1 saturated carbocycles. The lowest BCUT2D eigenvalue weighted by atomic mass is 9.57. The fraction of sp³-hybridized carbons (Fsp3) is 0.611. The first kappa shape index (κ1) is 18.0. The van der Waals surface area contributed by atoms with Gasteiger partial charge in [0.05, 0.1) is 11.7 Å². The van der Waals surface area contributed by atoms with Crippen molar-refractivity contribution in [1.29, 1.82) is 0 Å². The molecule has 1 aliphatic heterocycles. The minimum atomic E-state index is -4.33. The third kappa shape index (κ3) is 3.47. The summed E-state index contributed by atoms with van der Waals surface area (Å²) >= 11 is 0. The van der Waals surface area contributed by atoms with Gasteiger partial charge in [-0.25, -0.2) is 0 Å². The second-order valence-electron chi connectivity index (χ2n) is 7.31. The Hall–Kier alpha value is -1.76. The van der Waals surface area contributed by atoms with E-state index in [2.05, 4.69) is 29.5 Å². The van der Waals surface area contributed by atoms with Gasteiger partial charge in [0.25, 0.3) is 0 Å². The molecular formula is C18H24F3N3O. The molecule has 25 heavy (non-hydrogen) atoms. The van der Waals surface area contributed by atoms with Gasteiger partial charge in [0, 0.05) is 37.6 Å². The van der Waals surface area contributed by atoms with Crippen LogP contribution in [-0.2, 0) is 17.5 Å². The number of ether oxygens (including phenoxy) is 1. The lowest BCUT2D eigenvalue weighted by molar-refractivity contribution is -0.137. The molecule has 3 rings (SSSR count). The van der Waals surface area contributed by atoms with Crippen LogP contribution in [0.15, 0.2) is 29.3 Å². The van der Waals surface area contributed by atoms with Crippen LogP contribution in [-0.4, -0.2) is 31.8 Å². The number of aliphatic imine (C=N–C) groups is 1. The van der Waals surface area contributed by atoms with Crippen LogP contribution < -0.4 is 10.6 Å². The Morgan fingerprint density at radius 1 is 1.36 bits per heavy atom. The van der Waals surface area contributed by atoms with Gasteiger partial charge in [0.2, 0.25) is 0 Å². The maximum Gasteiger partial charge on any atom is 0.416 e. The monoisotopic (exact) mass is 355 g/mol. The molecule has 1 aliphatic carbocycles. The molecule has 3 atom stereocenters. The van der Waals surface area contributed by atoms with Crippen LogP contribution in [0, 0.1) is 11.3 Å². The maximum absolute atomic E-state index is 12.8. The second kappa shape index (κ2) is 6.52. The van der Waals surface area contributed by atoms with E-state index in [1.54, 1.807) is 13.1 Å². The third-order valence-corrected chi connectivity index (χ3v) is 5.33. The number of nitrogens with one attached hydrogen (secondary N) is 2. The SMILES string of the molecule is CN=C(NCc1cccc(C(F)(F)F)c1)NC1C2CCOC2C1(C)C. The van der Waals surface area contributed by atoms with E-state index in [1.807, 2.05) is 0 Å². The van der Waals surface area contributed by atoms with Gasteiger partial charge in [0.1, 0.15) is 0 Å². The van der Waals surface area contributed by atoms with Crippen LogP contribution in [0.4, 0.5) is 13.2 Å². The van der Waals surface area contributed by atoms with Gasteiger partial charge < -0.3 is 15.4 Å². The van der Waals surface area contributed by atoms with Gasteiger partial charge in [-0.15, -0.1) is 0 Å². The Morgan fingerprint density at radius 2 is 2.12 bits per heavy atom. The number of alkyl halides is 3. The lowest BCUT2D eigenvalue weighted by Crippen LogP contribution is -2.67. The number of benzene rings is 1. The van der Waals surface area contributed by atoms with Crippen molar-refractivity contribution in [2.75, 3.05) is 13.7 Å². The van der Waals surface area contributed by atoms with Crippen molar-refractivity contribution in [2.45, 2.75) is 45.1 Å². The minimum absolute atomic E-state index is 0.00892. The topological polar surface area (TPSA) is 45.7 Å². The molecule has 1 saturated heterocycles. The van der Waals surface area contributed by atoms with Crippen molar-refractivity contribution < 1.29 is 17.9 Å². The van der Waals surface area contributed by atoms with E-state index in [1.165, 1.54) is 6.07 Å². The standard InChI is InChI=1S/C18H24F3N3O/c1-17(2)14(13-7-8-25-15(13)17)24-16(22-3)23-10-11-5-4-6-12(9-11)18(19,20)21/h4-6,9,13-15H,7-8,10H2,1-3H3,(H2,22,23,24). The highest BCUT2D eigenvalue weighted by Gasteiger charge is 2.59. The summed E-state index contributed by atoms with van der Waals surface area (Å²) in [5, 5.41) is 6.53. The highest BCUT2D eigenvalue weighted by Crippen LogP contribution is 2.52. The molecule has 7 heteroatoms. The Kier molecular flexibility index (Phi) is 4.70. The van der Waals surface area contributed by atoms with Gasteiger partial charge in [0.15, 0.2) is 5.96 Å². The van der Waals surface area contributed by atoms with Crippen molar-refractivity contribution in [2.24, 2.45) is 16.3 Å². The highest BCUT2D eigenvalue weighted by atomic mass is 19.4. The first-order chi connectivity index (χ1) is 11.7. The lowest BCUT2D eigenvalue weighted by Gasteiger charge is -2.54. The molecule has 1 aromatic rings. The summed E-state index contributed by atoms with van der Waals surface area (Å²) in [5.74, 6) is 1.06. The van der Waals surface area contributed by atoms with Crippen LogP contribution in [0.25, 0.3) is 0 Å².